The highest BCUT2D eigenvalue weighted by molar-refractivity contribution is 9.10. The van der Waals surface area contributed by atoms with Crippen molar-refractivity contribution in [2.45, 2.75) is 13.3 Å². The van der Waals surface area contributed by atoms with Gasteiger partial charge in [-0.25, -0.2) is 4.39 Å². The number of hydrogen-bond acceptors (Lipinski definition) is 1. The monoisotopic (exact) mass is 231 g/mol. The molecule has 0 saturated heterocycles. The second kappa shape index (κ2) is 4.01. The Balaban J connectivity index is 3.05. The van der Waals surface area contributed by atoms with Crippen LogP contribution in [0.3, 0.4) is 0 Å². The molecule has 0 aliphatic rings. The lowest BCUT2D eigenvalue weighted by molar-refractivity contribution is 0.608. The van der Waals surface area contributed by atoms with Gasteiger partial charge in [0, 0.05) is 4.47 Å². The number of halogens is 2. The molecule has 1 nitrogen and oxygen atoms in total. The number of nitrogens with two attached hydrogens (primary N) is 1. The summed E-state index contributed by atoms with van der Waals surface area (Å²) in [6.45, 7) is 2.42. The van der Waals surface area contributed by atoms with E-state index in [4.69, 9.17) is 5.73 Å². The van der Waals surface area contributed by atoms with E-state index in [1.54, 1.807) is 0 Å². The molecule has 0 fully saturated rings. The van der Waals surface area contributed by atoms with E-state index in [1.165, 1.54) is 6.07 Å². The minimum Gasteiger partial charge on any atom is -0.330 e. The summed E-state index contributed by atoms with van der Waals surface area (Å²) < 4.78 is 13.9. The van der Waals surface area contributed by atoms with E-state index in [1.807, 2.05) is 13.0 Å². The van der Waals surface area contributed by atoms with Crippen molar-refractivity contribution in [2.75, 3.05) is 6.54 Å². The SMILES string of the molecule is Cc1cc(CCN)c(F)cc1Br. The van der Waals surface area contributed by atoms with E-state index < -0.39 is 0 Å². The zero-order valence-corrected chi connectivity index (χ0v) is 8.49. The maximum absolute atomic E-state index is 13.1. The van der Waals surface area contributed by atoms with Gasteiger partial charge < -0.3 is 5.73 Å². The van der Waals surface area contributed by atoms with Crippen molar-refractivity contribution in [2.24, 2.45) is 5.73 Å². The average Bonchev–Trinajstić information content (AvgIpc) is 2.01. The Kier molecular flexibility index (Phi) is 3.23. The van der Waals surface area contributed by atoms with Gasteiger partial charge in [-0.3, -0.25) is 0 Å². The predicted octanol–water partition coefficient (Wildman–Crippen LogP) is 2.40. The fourth-order valence-corrected chi connectivity index (χ4v) is 1.38. The minimum atomic E-state index is -0.182. The molecular weight excluding hydrogens is 221 g/mol. The summed E-state index contributed by atoms with van der Waals surface area (Å²) in [5.74, 6) is -0.182. The van der Waals surface area contributed by atoms with Gasteiger partial charge in [0.25, 0.3) is 0 Å². The van der Waals surface area contributed by atoms with Gasteiger partial charge in [0.2, 0.25) is 0 Å². The molecule has 0 aliphatic heterocycles. The maximum Gasteiger partial charge on any atom is 0.127 e. The lowest BCUT2D eigenvalue weighted by Crippen LogP contribution is -2.04. The van der Waals surface area contributed by atoms with Crippen molar-refractivity contribution in [1.82, 2.24) is 0 Å². The number of hydrogen-bond donors (Lipinski definition) is 1. The predicted molar refractivity (Wildman–Crippen MR) is 51.6 cm³/mol. The molecule has 0 spiro atoms. The Bertz CT molecular complexity index is 286. The van der Waals surface area contributed by atoms with Crippen LogP contribution < -0.4 is 5.73 Å². The van der Waals surface area contributed by atoms with Gasteiger partial charge in [-0.05, 0) is 37.1 Å². The van der Waals surface area contributed by atoms with Gasteiger partial charge in [-0.15, -0.1) is 0 Å². The van der Waals surface area contributed by atoms with Crippen LogP contribution in [0.5, 0.6) is 0 Å². The molecule has 0 saturated carbocycles. The van der Waals surface area contributed by atoms with Gasteiger partial charge in [0.1, 0.15) is 5.82 Å². The third-order valence-corrected chi connectivity index (χ3v) is 2.60. The Morgan fingerprint density at radius 3 is 2.75 bits per heavy atom. The van der Waals surface area contributed by atoms with E-state index in [0.717, 1.165) is 10.0 Å². The second-order valence-corrected chi connectivity index (χ2v) is 3.59. The highest BCUT2D eigenvalue weighted by Gasteiger charge is 2.04. The third kappa shape index (κ3) is 2.05. The van der Waals surface area contributed by atoms with Crippen LogP contribution in [0, 0.1) is 12.7 Å². The first-order valence-electron chi connectivity index (χ1n) is 3.79. The first kappa shape index (κ1) is 9.68. The normalized spacial score (nSPS) is 10.3. The number of benzene rings is 1. The molecular formula is C9H11BrFN. The fraction of sp³-hybridized carbons (Fsp3) is 0.333. The highest BCUT2D eigenvalue weighted by atomic mass is 79.9. The minimum absolute atomic E-state index is 0.182. The number of rotatable bonds is 2. The highest BCUT2D eigenvalue weighted by Crippen LogP contribution is 2.20. The molecule has 1 aromatic carbocycles. The molecule has 1 aromatic rings. The van der Waals surface area contributed by atoms with Crippen LogP contribution in [0.1, 0.15) is 11.1 Å². The molecule has 0 bridgehead atoms. The smallest absolute Gasteiger partial charge is 0.127 e. The Labute approximate surface area is 79.9 Å². The van der Waals surface area contributed by atoms with Crippen LogP contribution in [0.15, 0.2) is 16.6 Å². The zero-order chi connectivity index (χ0) is 9.14. The van der Waals surface area contributed by atoms with Crippen molar-refractivity contribution in [3.63, 3.8) is 0 Å². The third-order valence-electron chi connectivity index (χ3n) is 1.74. The molecule has 2 N–H and O–H groups in total. The molecule has 0 aromatic heterocycles. The molecule has 1 rings (SSSR count). The second-order valence-electron chi connectivity index (χ2n) is 2.73. The molecule has 0 heterocycles. The quantitative estimate of drug-likeness (QED) is 0.832. The van der Waals surface area contributed by atoms with E-state index in [2.05, 4.69) is 15.9 Å². The molecule has 12 heavy (non-hydrogen) atoms. The van der Waals surface area contributed by atoms with Crippen LogP contribution in [0.25, 0.3) is 0 Å². The average molecular weight is 232 g/mol. The standard InChI is InChI=1S/C9H11BrFN/c1-6-4-7(2-3-12)9(11)5-8(6)10/h4-5H,2-3,12H2,1H3. The number of aryl methyl sites for hydroxylation is 1. The van der Waals surface area contributed by atoms with Crippen molar-refractivity contribution < 1.29 is 4.39 Å². The van der Waals surface area contributed by atoms with Crippen LogP contribution in [-0.2, 0) is 6.42 Å². The maximum atomic E-state index is 13.1. The molecule has 0 atom stereocenters. The summed E-state index contributed by atoms with van der Waals surface area (Å²) in [4.78, 5) is 0. The van der Waals surface area contributed by atoms with Crippen molar-refractivity contribution in [1.29, 1.82) is 0 Å². The van der Waals surface area contributed by atoms with E-state index in [9.17, 15) is 4.39 Å². The first-order chi connectivity index (χ1) is 5.65. The van der Waals surface area contributed by atoms with Gasteiger partial charge in [0.05, 0.1) is 0 Å². The van der Waals surface area contributed by atoms with Crippen LogP contribution >= 0.6 is 15.9 Å². The van der Waals surface area contributed by atoms with Gasteiger partial charge in [-0.2, -0.15) is 0 Å². The Morgan fingerprint density at radius 2 is 2.17 bits per heavy atom. The fourth-order valence-electron chi connectivity index (χ4n) is 1.06. The van der Waals surface area contributed by atoms with Crippen molar-refractivity contribution in [3.8, 4) is 0 Å². The largest absolute Gasteiger partial charge is 0.330 e. The van der Waals surface area contributed by atoms with Crippen LogP contribution in [-0.4, -0.2) is 6.54 Å². The lowest BCUT2D eigenvalue weighted by atomic mass is 10.1. The van der Waals surface area contributed by atoms with E-state index >= 15 is 0 Å². The van der Waals surface area contributed by atoms with Gasteiger partial charge in [-0.1, -0.05) is 22.0 Å². The molecule has 0 radical (unpaired) electrons. The first-order valence-corrected chi connectivity index (χ1v) is 4.59. The molecule has 0 aliphatic carbocycles. The van der Waals surface area contributed by atoms with Crippen LogP contribution in [0.2, 0.25) is 0 Å². The van der Waals surface area contributed by atoms with Crippen molar-refractivity contribution >= 4 is 15.9 Å². The lowest BCUT2D eigenvalue weighted by Gasteiger charge is -2.04. The summed E-state index contributed by atoms with van der Waals surface area (Å²) in [6, 6.07) is 3.31. The summed E-state index contributed by atoms with van der Waals surface area (Å²) in [5, 5.41) is 0. The molecule has 0 amide bonds. The van der Waals surface area contributed by atoms with E-state index in [-0.39, 0.29) is 5.82 Å². The zero-order valence-electron chi connectivity index (χ0n) is 6.90. The van der Waals surface area contributed by atoms with Gasteiger partial charge >= 0.3 is 0 Å². The summed E-state index contributed by atoms with van der Waals surface area (Å²) in [6.07, 6.45) is 0.597. The molecule has 3 heteroatoms. The summed E-state index contributed by atoms with van der Waals surface area (Å²) in [7, 11) is 0. The van der Waals surface area contributed by atoms with Gasteiger partial charge in [0.15, 0.2) is 0 Å². The van der Waals surface area contributed by atoms with E-state index in [0.29, 0.717) is 18.5 Å². The summed E-state index contributed by atoms with van der Waals surface area (Å²) >= 11 is 3.26. The van der Waals surface area contributed by atoms with Crippen LogP contribution in [0.4, 0.5) is 4.39 Å². The topological polar surface area (TPSA) is 26.0 Å². The Morgan fingerprint density at radius 1 is 1.50 bits per heavy atom. The molecule has 0 unspecified atom stereocenters. The summed E-state index contributed by atoms with van der Waals surface area (Å²) in [5.41, 5.74) is 7.07. The molecule has 66 valence electrons. The van der Waals surface area contributed by atoms with Crippen molar-refractivity contribution in [3.05, 3.63) is 33.5 Å². The Hall–Kier alpha value is -0.410.